The van der Waals surface area contributed by atoms with Crippen LogP contribution in [0.2, 0.25) is 0 Å². The van der Waals surface area contributed by atoms with Crippen LogP contribution in [0.1, 0.15) is 25.5 Å². The van der Waals surface area contributed by atoms with Gasteiger partial charge in [0, 0.05) is 31.9 Å². The molecule has 2 aromatic heterocycles. The first kappa shape index (κ1) is 18.4. The summed E-state index contributed by atoms with van der Waals surface area (Å²) in [5.74, 6) is 1.25. The number of nitrogens with zero attached hydrogens (tertiary/aromatic N) is 5. The predicted molar refractivity (Wildman–Crippen MR) is 102 cm³/mol. The van der Waals surface area contributed by atoms with E-state index in [-0.39, 0.29) is 6.03 Å². The highest BCUT2D eigenvalue weighted by Crippen LogP contribution is 2.19. The molecule has 0 bridgehead atoms. The number of pyridine rings is 1. The van der Waals surface area contributed by atoms with E-state index in [0.717, 1.165) is 44.7 Å². The van der Waals surface area contributed by atoms with E-state index in [9.17, 15) is 4.79 Å². The van der Waals surface area contributed by atoms with Gasteiger partial charge in [-0.3, -0.25) is 10.3 Å². The lowest BCUT2D eigenvalue weighted by molar-refractivity contribution is 0.217. The lowest BCUT2D eigenvalue weighted by Gasteiger charge is -2.21. The maximum Gasteiger partial charge on any atom is 0.323 e. The summed E-state index contributed by atoms with van der Waals surface area (Å²) in [5, 5.41) is 7.30. The molecule has 0 saturated carbocycles. The molecule has 0 radical (unpaired) electrons. The highest BCUT2D eigenvalue weighted by atomic mass is 16.2. The molecule has 1 atom stereocenters. The summed E-state index contributed by atoms with van der Waals surface area (Å²) in [6.07, 6.45) is 5.68. The Kier molecular flexibility index (Phi) is 6.22. The van der Waals surface area contributed by atoms with E-state index < -0.39 is 0 Å². The number of hydrogen-bond acceptors (Lipinski definition) is 4. The van der Waals surface area contributed by atoms with Crippen molar-refractivity contribution >= 4 is 11.8 Å². The minimum atomic E-state index is -0.0478. The molecule has 1 fully saturated rings. The van der Waals surface area contributed by atoms with Gasteiger partial charge in [-0.1, -0.05) is 13.0 Å². The number of carbonyl (C=O) groups is 1. The van der Waals surface area contributed by atoms with Gasteiger partial charge in [-0.2, -0.15) is 5.10 Å². The van der Waals surface area contributed by atoms with Gasteiger partial charge in [0.25, 0.3) is 0 Å². The summed E-state index contributed by atoms with van der Waals surface area (Å²) in [6.45, 7) is 6.51. The lowest BCUT2D eigenvalue weighted by atomic mass is 10.1. The number of rotatable bonds is 7. The molecule has 0 aliphatic carbocycles. The minimum absolute atomic E-state index is 0.0478. The van der Waals surface area contributed by atoms with E-state index in [0.29, 0.717) is 18.3 Å². The molecule has 26 heavy (non-hydrogen) atoms. The van der Waals surface area contributed by atoms with Crippen LogP contribution < -0.4 is 5.32 Å². The maximum atomic E-state index is 12.6. The highest BCUT2D eigenvalue weighted by Gasteiger charge is 2.27. The molecule has 2 aromatic rings. The third kappa shape index (κ3) is 4.82. The van der Waals surface area contributed by atoms with Crippen LogP contribution in [0.4, 0.5) is 10.6 Å². The monoisotopic (exact) mass is 356 g/mol. The molecule has 1 unspecified atom stereocenters. The average Bonchev–Trinajstić information content (AvgIpc) is 3.26. The molecule has 1 N–H and O–H groups in total. The molecule has 7 heteroatoms. The van der Waals surface area contributed by atoms with Crippen LogP contribution in [0.3, 0.4) is 0 Å². The number of aromatic nitrogens is 3. The van der Waals surface area contributed by atoms with Gasteiger partial charge in [-0.05, 0) is 44.5 Å². The summed E-state index contributed by atoms with van der Waals surface area (Å²) in [6, 6.07) is 7.56. The van der Waals surface area contributed by atoms with Crippen LogP contribution in [0.5, 0.6) is 0 Å². The van der Waals surface area contributed by atoms with Gasteiger partial charge in [-0.25, -0.2) is 9.48 Å². The Morgan fingerprint density at radius 3 is 3.00 bits per heavy atom. The highest BCUT2D eigenvalue weighted by molar-refractivity contribution is 5.88. The Morgan fingerprint density at radius 1 is 1.35 bits per heavy atom. The molecule has 3 heterocycles. The second-order valence-electron chi connectivity index (χ2n) is 6.99. The number of anilines is 1. The topological polar surface area (TPSA) is 66.3 Å². The SMILES string of the molecule is CCCN(C)CC1CCN(C(=O)Nc2ccnn2Cc2ccccn2)C1. The van der Waals surface area contributed by atoms with Crippen molar-refractivity contribution in [3.8, 4) is 0 Å². The molecular weight excluding hydrogens is 328 g/mol. The minimum Gasteiger partial charge on any atom is -0.324 e. The van der Waals surface area contributed by atoms with E-state index >= 15 is 0 Å². The number of hydrogen-bond donors (Lipinski definition) is 1. The molecule has 140 valence electrons. The second kappa shape index (κ2) is 8.80. The summed E-state index contributed by atoms with van der Waals surface area (Å²) >= 11 is 0. The largest absolute Gasteiger partial charge is 0.324 e. The van der Waals surface area contributed by atoms with Crippen molar-refractivity contribution < 1.29 is 4.79 Å². The van der Waals surface area contributed by atoms with Crippen LogP contribution in [-0.2, 0) is 6.54 Å². The van der Waals surface area contributed by atoms with Gasteiger partial charge in [0.15, 0.2) is 0 Å². The zero-order valence-corrected chi connectivity index (χ0v) is 15.6. The quantitative estimate of drug-likeness (QED) is 0.828. The van der Waals surface area contributed by atoms with Gasteiger partial charge in [-0.15, -0.1) is 0 Å². The first-order chi connectivity index (χ1) is 12.7. The normalized spacial score (nSPS) is 17.0. The molecule has 1 saturated heterocycles. The third-order valence-electron chi connectivity index (χ3n) is 4.74. The Hall–Kier alpha value is -2.41. The van der Waals surface area contributed by atoms with E-state index in [1.807, 2.05) is 29.2 Å². The molecule has 1 aliphatic heterocycles. The van der Waals surface area contributed by atoms with Crippen molar-refractivity contribution in [1.82, 2.24) is 24.6 Å². The van der Waals surface area contributed by atoms with Crippen LogP contribution in [0.15, 0.2) is 36.7 Å². The maximum absolute atomic E-state index is 12.6. The summed E-state index contributed by atoms with van der Waals surface area (Å²) in [5.41, 5.74) is 0.909. The number of urea groups is 1. The van der Waals surface area contributed by atoms with Crippen LogP contribution in [0.25, 0.3) is 0 Å². The Bertz CT molecular complexity index is 701. The fourth-order valence-corrected chi connectivity index (χ4v) is 3.48. The summed E-state index contributed by atoms with van der Waals surface area (Å²) in [7, 11) is 2.16. The van der Waals surface area contributed by atoms with Crippen molar-refractivity contribution in [1.29, 1.82) is 0 Å². The predicted octanol–water partition coefficient (Wildman–Crippen LogP) is 2.52. The summed E-state index contributed by atoms with van der Waals surface area (Å²) < 4.78 is 1.77. The number of amides is 2. The van der Waals surface area contributed by atoms with Crippen LogP contribution in [-0.4, -0.2) is 63.8 Å². The molecule has 2 amide bonds. The van der Waals surface area contributed by atoms with Gasteiger partial charge in [0.05, 0.1) is 18.4 Å². The molecule has 7 nitrogen and oxygen atoms in total. The van der Waals surface area contributed by atoms with Crippen LogP contribution >= 0.6 is 0 Å². The van der Waals surface area contributed by atoms with E-state index in [2.05, 4.69) is 34.3 Å². The Labute approximate surface area is 155 Å². The molecule has 0 spiro atoms. The standard InChI is InChI=1S/C19H28N6O/c1-3-11-23(2)13-16-8-12-24(14-16)19(26)22-18-7-10-21-25(18)15-17-6-4-5-9-20-17/h4-7,9-10,16H,3,8,11-15H2,1-2H3,(H,22,26). The molecule has 1 aliphatic rings. The van der Waals surface area contributed by atoms with Gasteiger partial charge < -0.3 is 9.80 Å². The van der Waals surface area contributed by atoms with Crippen molar-refractivity contribution in [2.24, 2.45) is 5.92 Å². The molecular formula is C19H28N6O. The van der Waals surface area contributed by atoms with Crippen molar-refractivity contribution in [3.63, 3.8) is 0 Å². The fourth-order valence-electron chi connectivity index (χ4n) is 3.48. The molecule has 3 rings (SSSR count). The van der Waals surface area contributed by atoms with Gasteiger partial charge >= 0.3 is 6.03 Å². The molecule has 0 aromatic carbocycles. The fraction of sp³-hybridized carbons (Fsp3) is 0.526. The van der Waals surface area contributed by atoms with Crippen molar-refractivity contribution in [3.05, 3.63) is 42.4 Å². The second-order valence-corrected chi connectivity index (χ2v) is 6.99. The van der Waals surface area contributed by atoms with Crippen molar-refractivity contribution in [2.45, 2.75) is 26.3 Å². The van der Waals surface area contributed by atoms with Gasteiger partial charge in [0.2, 0.25) is 0 Å². The Balaban J connectivity index is 1.54. The zero-order valence-electron chi connectivity index (χ0n) is 15.6. The smallest absolute Gasteiger partial charge is 0.323 e. The Morgan fingerprint density at radius 2 is 2.23 bits per heavy atom. The van der Waals surface area contributed by atoms with Gasteiger partial charge in [0.1, 0.15) is 5.82 Å². The third-order valence-corrected chi connectivity index (χ3v) is 4.74. The van der Waals surface area contributed by atoms with Crippen LogP contribution in [0, 0.1) is 5.92 Å². The van der Waals surface area contributed by atoms with E-state index in [1.54, 1.807) is 17.1 Å². The number of likely N-dealkylation sites (tertiary alicyclic amines) is 1. The lowest BCUT2D eigenvalue weighted by Crippen LogP contribution is -2.35. The zero-order chi connectivity index (χ0) is 18.4. The average molecular weight is 356 g/mol. The van der Waals surface area contributed by atoms with Crippen molar-refractivity contribution in [2.75, 3.05) is 38.5 Å². The number of nitrogens with one attached hydrogen (secondary N) is 1. The first-order valence-corrected chi connectivity index (χ1v) is 9.32. The summed E-state index contributed by atoms with van der Waals surface area (Å²) in [4.78, 5) is 21.2. The van der Waals surface area contributed by atoms with E-state index in [1.165, 1.54) is 0 Å². The number of carbonyl (C=O) groups excluding carboxylic acids is 1. The van der Waals surface area contributed by atoms with E-state index in [4.69, 9.17) is 0 Å². The first-order valence-electron chi connectivity index (χ1n) is 9.32.